The van der Waals surface area contributed by atoms with Gasteiger partial charge in [-0.15, -0.1) is 5.11 Å². The standard InChI is InChI=1S/C16H16ClN4O2/c1-3-20(4-2)13-7-5-12(6-8-13)18-19-16-10-9-14(21(22)23)11-15(16)17/h5-11H,1,3-4H2,2H3. The Morgan fingerprint density at radius 2 is 1.91 bits per heavy atom. The first-order valence-electron chi connectivity index (χ1n) is 7.05. The molecule has 0 bridgehead atoms. The third-order valence-electron chi connectivity index (χ3n) is 3.28. The molecule has 1 radical (unpaired) electrons. The maximum atomic E-state index is 10.7. The molecule has 119 valence electrons. The van der Waals surface area contributed by atoms with E-state index in [1.54, 1.807) is 0 Å². The molecule has 0 saturated carbocycles. The molecule has 0 amide bonds. The zero-order valence-corrected chi connectivity index (χ0v) is 13.4. The Morgan fingerprint density at radius 3 is 2.43 bits per heavy atom. The van der Waals surface area contributed by atoms with E-state index in [4.69, 9.17) is 11.6 Å². The molecule has 0 aliphatic carbocycles. The van der Waals surface area contributed by atoms with E-state index in [0.29, 0.717) is 17.9 Å². The number of nitro groups is 1. The van der Waals surface area contributed by atoms with Crippen LogP contribution in [0.5, 0.6) is 0 Å². The van der Waals surface area contributed by atoms with E-state index < -0.39 is 4.92 Å². The second kappa shape index (κ2) is 7.69. The van der Waals surface area contributed by atoms with Gasteiger partial charge in [0.1, 0.15) is 5.69 Å². The van der Waals surface area contributed by atoms with Crippen LogP contribution in [0.1, 0.15) is 6.92 Å². The van der Waals surface area contributed by atoms with Crippen LogP contribution < -0.4 is 4.90 Å². The van der Waals surface area contributed by atoms with E-state index in [1.807, 2.05) is 24.3 Å². The van der Waals surface area contributed by atoms with Crippen molar-refractivity contribution >= 4 is 34.4 Å². The maximum Gasteiger partial charge on any atom is 0.271 e. The lowest BCUT2D eigenvalue weighted by molar-refractivity contribution is -0.384. The molecule has 0 aliphatic rings. The molecule has 0 heterocycles. The number of hydrogen-bond donors (Lipinski definition) is 0. The van der Waals surface area contributed by atoms with Crippen LogP contribution in [0.15, 0.2) is 52.7 Å². The van der Waals surface area contributed by atoms with Crippen molar-refractivity contribution in [1.82, 2.24) is 0 Å². The highest BCUT2D eigenvalue weighted by Gasteiger charge is 2.09. The van der Waals surface area contributed by atoms with Gasteiger partial charge in [-0.25, -0.2) is 0 Å². The predicted molar refractivity (Wildman–Crippen MR) is 92.0 cm³/mol. The monoisotopic (exact) mass is 331 g/mol. The molecule has 0 spiro atoms. The number of non-ortho nitro benzene ring substituents is 1. The SMILES string of the molecule is [CH2]CN(CC)c1ccc(N=Nc2ccc([N+](=O)[O-])cc2Cl)cc1. The molecular weight excluding hydrogens is 316 g/mol. The summed E-state index contributed by atoms with van der Waals surface area (Å²) < 4.78 is 0. The molecule has 7 heteroatoms. The third kappa shape index (κ3) is 4.26. The molecule has 0 aromatic heterocycles. The number of halogens is 1. The summed E-state index contributed by atoms with van der Waals surface area (Å²) in [6.45, 7) is 7.52. The van der Waals surface area contributed by atoms with Crippen LogP contribution in [0.3, 0.4) is 0 Å². The van der Waals surface area contributed by atoms with Gasteiger partial charge in [-0.05, 0) is 44.2 Å². The first kappa shape index (κ1) is 16.9. The van der Waals surface area contributed by atoms with Crippen LogP contribution in [0.25, 0.3) is 0 Å². The van der Waals surface area contributed by atoms with Gasteiger partial charge in [-0.3, -0.25) is 10.1 Å². The van der Waals surface area contributed by atoms with Gasteiger partial charge in [-0.1, -0.05) is 11.6 Å². The number of azo groups is 1. The quantitative estimate of drug-likeness (QED) is 0.408. The summed E-state index contributed by atoms with van der Waals surface area (Å²) in [5.74, 6) is 0. The van der Waals surface area contributed by atoms with Gasteiger partial charge < -0.3 is 4.90 Å². The zero-order chi connectivity index (χ0) is 16.8. The first-order valence-corrected chi connectivity index (χ1v) is 7.43. The number of rotatable bonds is 6. The van der Waals surface area contributed by atoms with Crippen molar-refractivity contribution in [3.8, 4) is 0 Å². The summed E-state index contributed by atoms with van der Waals surface area (Å²) in [6, 6.07) is 11.6. The summed E-state index contributed by atoms with van der Waals surface area (Å²) in [5.41, 5.74) is 2.04. The van der Waals surface area contributed by atoms with Crippen molar-refractivity contribution in [2.45, 2.75) is 6.92 Å². The van der Waals surface area contributed by atoms with E-state index in [0.717, 1.165) is 12.2 Å². The molecule has 0 saturated heterocycles. The molecular formula is C16H16ClN4O2. The molecule has 2 rings (SSSR count). The Bertz CT molecular complexity index is 713. The molecule has 23 heavy (non-hydrogen) atoms. The Morgan fingerprint density at radius 1 is 1.22 bits per heavy atom. The minimum atomic E-state index is -0.506. The highest BCUT2D eigenvalue weighted by Crippen LogP contribution is 2.30. The largest absolute Gasteiger partial charge is 0.372 e. The van der Waals surface area contributed by atoms with Gasteiger partial charge in [0.2, 0.25) is 0 Å². The lowest BCUT2D eigenvalue weighted by Gasteiger charge is -2.20. The van der Waals surface area contributed by atoms with Crippen LogP contribution in [0.4, 0.5) is 22.7 Å². The fourth-order valence-electron chi connectivity index (χ4n) is 2.00. The highest BCUT2D eigenvalue weighted by molar-refractivity contribution is 6.33. The topological polar surface area (TPSA) is 71.1 Å². The van der Waals surface area contributed by atoms with Crippen molar-refractivity contribution < 1.29 is 4.92 Å². The van der Waals surface area contributed by atoms with Crippen LogP contribution in [0.2, 0.25) is 5.02 Å². The normalized spacial score (nSPS) is 10.9. The lowest BCUT2D eigenvalue weighted by atomic mass is 10.2. The Kier molecular flexibility index (Phi) is 5.65. The van der Waals surface area contributed by atoms with Gasteiger partial charge >= 0.3 is 0 Å². The molecule has 2 aromatic carbocycles. The maximum absolute atomic E-state index is 10.7. The third-order valence-corrected chi connectivity index (χ3v) is 3.58. The predicted octanol–water partition coefficient (Wildman–Crippen LogP) is 5.32. The number of benzene rings is 2. The number of anilines is 1. The van der Waals surface area contributed by atoms with Gasteiger partial charge in [0, 0.05) is 30.9 Å². The smallest absolute Gasteiger partial charge is 0.271 e. The van der Waals surface area contributed by atoms with Crippen LogP contribution in [0, 0.1) is 17.0 Å². The average molecular weight is 332 g/mol. The average Bonchev–Trinajstić information content (AvgIpc) is 2.56. The minimum Gasteiger partial charge on any atom is -0.372 e. The van der Waals surface area contributed by atoms with Crippen LogP contribution in [-0.2, 0) is 0 Å². The second-order valence-corrected chi connectivity index (χ2v) is 5.10. The number of nitrogens with zero attached hydrogens (tertiary/aromatic N) is 4. The van der Waals surface area contributed by atoms with Gasteiger partial charge in [0.15, 0.2) is 0 Å². The molecule has 0 fully saturated rings. The molecule has 0 aliphatic heterocycles. The molecule has 6 nitrogen and oxygen atoms in total. The molecule has 0 N–H and O–H groups in total. The Hall–Kier alpha value is -2.47. The van der Waals surface area contributed by atoms with E-state index in [9.17, 15) is 10.1 Å². The first-order chi connectivity index (χ1) is 11.0. The summed E-state index contributed by atoms with van der Waals surface area (Å²) in [7, 11) is 0. The minimum absolute atomic E-state index is 0.0777. The van der Waals surface area contributed by atoms with Crippen molar-refractivity contribution in [3.63, 3.8) is 0 Å². The number of hydrogen-bond acceptors (Lipinski definition) is 5. The van der Waals surface area contributed by atoms with Crippen molar-refractivity contribution in [1.29, 1.82) is 0 Å². The van der Waals surface area contributed by atoms with Gasteiger partial charge in [-0.2, -0.15) is 5.11 Å². The summed E-state index contributed by atoms with van der Waals surface area (Å²) in [6.07, 6.45) is 0. The van der Waals surface area contributed by atoms with E-state index in [2.05, 4.69) is 29.0 Å². The highest BCUT2D eigenvalue weighted by atomic mass is 35.5. The second-order valence-electron chi connectivity index (χ2n) is 4.69. The Balaban J connectivity index is 2.15. The van der Waals surface area contributed by atoms with Crippen molar-refractivity contribution in [3.05, 3.63) is 64.5 Å². The fourth-order valence-corrected chi connectivity index (χ4v) is 2.21. The summed E-state index contributed by atoms with van der Waals surface area (Å²) in [4.78, 5) is 12.3. The molecule has 0 atom stereocenters. The molecule has 0 unspecified atom stereocenters. The van der Waals surface area contributed by atoms with E-state index in [1.165, 1.54) is 18.2 Å². The van der Waals surface area contributed by atoms with Crippen molar-refractivity contribution in [2.24, 2.45) is 10.2 Å². The number of nitro benzene ring substituents is 1. The van der Waals surface area contributed by atoms with Crippen molar-refractivity contribution in [2.75, 3.05) is 18.0 Å². The van der Waals surface area contributed by atoms with Gasteiger partial charge in [0.05, 0.1) is 15.6 Å². The van der Waals surface area contributed by atoms with Gasteiger partial charge in [0.25, 0.3) is 5.69 Å². The zero-order valence-electron chi connectivity index (χ0n) is 12.6. The summed E-state index contributed by atoms with van der Waals surface area (Å²) in [5, 5.41) is 19.0. The van der Waals surface area contributed by atoms with Crippen LogP contribution >= 0.6 is 11.6 Å². The van der Waals surface area contributed by atoms with E-state index >= 15 is 0 Å². The fraction of sp³-hybridized carbons (Fsp3) is 0.188. The summed E-state index contributed by atoms with van der Waals surface area (Å²) >= 11 is 5.97. The Labute approximate surface area is 139 Å². The van der Waals surface area contributed by atoms with Crippen LogP contribution in [-0.4, -0.2) is 18.0 Å². The molecule has 2 aromatic rings. The lowest BCUT2D eigenvalue weighted by Crippen LogP contribution is -2.21. The van der Waals surface area contributed by atoms with E-state index in [-0.39, 0.29) is 10.7 Å².